The van der Waals surface area contributed by atoms with Crippen molar-refractivity contribution in [2.75, 3.05) is 25.0 Å². The lowest BCUT2D eigenvalue weighted by molar-refractivity contribution is 0.249. The number of ether oxygens (including phenoxy) is 1. The molecule has 0 aliphatic carbocycles. The Bertz CT molecular complexity index is 819. The Hall–Kier alpha value is -3.04. The number of anilines is 1. The summed E-state index contributed by atoms with van der Waals surface area (Å²) in [5.74, 6) is 0.526. The first-order valence-electron chi connectivity index (χ1n) is 9.20. The summed E-state index contributed by atoms with van der Waals surface area (Å²) in [6.45, 7) is 5.85. The van der Waals surface area contributed by atoms with Crippen molar-refractivity contribution in [3.8, 4) is 11.8 Å². The van der Waals surface area contributed by atoms with Crippen LogP contribution in [0, 0.1) is 11.3 Å². The summed E-state index contributed by atoms with van der Waals surface area (Å²) in [4.78, 5) is 14.4. The van der Waals surface area contributed by atoms with E-state index in [0.717, 1.165) is 26.1 Å². The van der Waals surface area contributed by atoms with Crippen molar-refractivity contribution in [2.45, 2.75) is 26.4 Å². The summed E-state index contributed by atoms with van der Waals surface area (Å²) in [6, 6.07) is 15.4. The third-order valence-electron chi connectivity index (χ3n) is 4.50. The summed E-state index contributed by atoms with van der Waals surface area (Å²) in [5, 5.41) is 14.8. The Labute approximate surface area is 159 Å². The normalized spacial score (nSPS) is 12.9. The highest BCUT2D eigenvalue weighted by atomic mass is 16.5. The molecule has 1 aliphatic rings. The number of benzene rings is 2. The van der Waals surface area contributed by atoms with E-state index in [2.05, 4.69) is 45.9 Å². The van der Waals surface area contributed by atoms with Gasteiger partial charge in [-0.25, -0.2) is 4.79 Å². The lowest BCUT2D eigenvalue weighted by Gasteiger charge is -2.15. The number of nitrogens with zero attached hydrogens (tertiary/aromatic N) is 2. The fourth-order valence-corrected chi connectivity index (χ4v) is 3.22. The van der Waals surface area contributed by atoms with Gasteiger partial charge >= 0.3 is 6.03 Å². The predicted octanol–water partition coefficient (Wildman–Crippen LogP) is 3.48. The summed E-state index contributed by atoms with van der Waals surface area (Å²) in [6.07, 6.45) is 0.883. The molecule has 0 bridgehead atoms. The zero-order chi connectivity index (χ0) is 19.1. The lowest BCUT2D eigenvalue weighted by Crippen LogP contribution is -2.31. The smallest absolute Gasteiger partial charge is 0.319 e. The first-order chi connectivity index (χ1) is 13.2. The average Bonchev–Trinajstić information content (AvgIpc) is 3.09. The minimum atomic E-state index is -0.271. The first kappa shape index (κ1) is 18.7. The molecule has 0 radical (unpaired) electrons. The maximum Gasteiger partial charge on any atom is 0.319 e. The van der Waals surface area contributed by atoms with Gasteiger partial charge in [-0.15, -0.1) is 0 Å². The zero-order valence-electron chi connectivity index (χ0n) is 15.5. The van der Waals surface area contributed by atoms with E-state index in [1.807, 2.05) is 6.92 Å². The van der Waals surface area contributed by atoms with E-state index in [-0.39, 0.29) is 6.03 Å². The van der Waals surface area contributed by atoms with Gasteiger partial charge in [0.25, 0.3) is 0 Å². The van der Waals surface area contributed by atoms with E-state index in [4.69, 9.17) is 4.74 Å². The van der Waals surface area contributed by atoms with Gasteiger partial charge in [-0.3, -0.25) is 4.90 Å². The molecule has 0 saturated heterocycles. The number of fused-ring (bicyclic) bond motifs is 1. The number of nitriles is 1. The van der Waals surface area contributed by atoms with Crippen LogP contribution in [0.15, 0.2) is 42.5 Å². The average molecular weight is 364 g/mol. The fourth-order valence-electron chi connectivity index (χ4n) is 3.22. The number of urea groups is 1. The van der Waals surface area contributed by atoms with Crippen LogP contribution in [0.2, 0.25) is 0 Å². The molecule has 2 aromatic rings. The number of carbonyl (C=O) groups excluding carboxylic acids is 1. The number of hydrogen-bond acceptors (Lipinski definition) is 4. The Morgan fingerprint density at radius 2 is 1.96 bits per heavy atom. The van der Waals surface area contributed by atoms with Gasteiger partial charge in [0.05, 0.1) is 12.2 Å². The highest BCUT2D eigenvalue weighted by Crippen LogP contribution is 2.23. The molecule has 1 heterocycles. The van der Waals surface area contributed by atoms with E-state index < -0.39 is 0 Å². The van der Waals surface area contributed by atoms with Gasteiger partial charge in [-0.05, 0) is 42.7 Å². The van der Waals surface area contributed by atoms with Crippen LogP contribution in [0.4, 0.5) is 10.5 Å². The molecule has 0 fully saturated rings. The van der Waals surface area contributed by atoms with E-state index in [0.29, 0.717) is 30.2 Å². The van der Waals surface area contributed by atoms with Crippen molar-refractivity contribution in [1.82, 2.24) is 10.2 Å². The first-order valence-corrected chi connectivity index (χ1v) is 9.20. The Balaban J connectivity index is 1.40. The standard InChI is InChI=1S/C21H24N4O2/c1-2-27-20-9-8-19(12-18(20)13-22)24-21(26)23-10-5-11-25-14-16-6-3-4-7-17(16)15-25/h3-4,6-9,12H,2,5,10-11,14-15H2,1H3,(H2,23,24,26). The van der Waals surface area contributed by atoms with Crippen LogP contribution in [0.5, 0.6) is 5.75 Å². The molecule has 0 unspecified atom stereocenters. The molecule has 6 nitrogen and oxygen atoms in total. The van der Waals surface area contributed by atoms with Crippen molar-refractivity contribution < 1.29 is 9.53 Å². The SMILES string of the molecule is CCOc1ccc(NC(=O)NCCCN2Cc3ccccc3C2)cc1C#N. The largest absolute Gasteiger partial charge is 0.492 e. The predicted molar refractivity (Wildman–Crippen MR) is 105 cm³/mol. The van der Waals surface area contributed by atoms with Crippen LogP contribution in [-0.4, -0.2) is 30.6 Å². The number of carbonyl (C=O) groups is 1. The minimum absolute atomic E-state index is 0.271. The Morgan fingerprint density at radius 3 is 2.63 bits per heavy atom. The third-order valence-corrected chi connectivity index (χ3v) is 4.50. The molecule has 2 amide bonds. The molecule has 3 rings (SSSR count). The molecule has 1 aliphatic heterocycles. The number of amides is 2. The second kappa shape index (κ2) is 9.06. The maximum atomic E-state index is 12.0. The van der Waals surface area contributed by atoms with Gasteiger partial charge in [0.2, 0.25) is 0 Å². The molecule has 140 valence electrons. The van der Waals surface area contributed by atoms with Crippen LogP contribution in [0.3, 0.4) is 0 Å². The van der Waals surface area contributed by atoms with Gasteiger partial charge in [-0.1, -0.05) is 24.3 Å². The van der Waals surface area contributed by atoms with Crippen LogP contribution in [-0.2, 0) is 13.1 Å². The van der Waals surface area contributed by atoms with Crippen molar-refractivity contribution in [3.63, 3.8) is 0 Å². The van der Waals surface area contributed by atoms with E-state index in [1.165, 1.54) is 11.1 Å². The van der Waals surface area contributed by atoms with Crippen LogP contribution < -0.4 is 15.4 Å². The van der Waals surface area contributed by atoms with Crippen molar-refractivity contribution in [2.24, 2.45) is 0 Å². The molecule has 6 heteroatoms. The molecular weight excluding hydrogens is 340 g/mol. The van der Waals surface area contributed by atoms with Gasteiger partial charge in [-0.2, -0.15) is 5.26 Å². The quantitative estimate of drug-likeness (QED) is 0.738. The van der Waals surface area contributed by atoms with Crippen LogP contribution in [0.25, 0.3) is 0 Å². The second-order valence-corrected chi connectivity index (χ2v) is 6.47. The van der Waals surface area contributed by atoms with Gasteiger partial charge in [0.1, 0.15) is 11.8 Å². The Kier molecular flexibility index (Phi) is 6.29. The van der Waals surface area contributed by atoms with Gasteiger partial charge in [0.15, 0.2) is 0 Å². The number of hydrogen-bond donors (Lipinski definition) is 2. The molecule has 2 N–H and O–H groups in total. The molecule has 0 aromatic heterocycles. The summed E-state index contributed by atoms with van der Waals surface area (Å²) < 4.78 is 5.38. The summed E-state index contributed by atoms with van der Waals surface area (Å²) >= 11 is 0. The highest BCUT2D eigenvalue weighted by molar-refractivity contribution is 5.89. The Morgan fingerprint density at radius 1 is 1.22 bits per heavy atom. The second-order valence-electron chi connectivity index (χ2n) is 6.47. The summed E-state index contributed by atoms with van der Waals surface area (Å²) in [5.41, 5.74) is 3.77. The highest BCUT2D eigenvalue weighted by Gasteiger charge is 2.17. The third kappa shape index (κ3) is 4.99. The van der Waals surface area contributed by atoms with Crippen molar-refractivity contribution >= 4 is 11.7 Å². The summed E-state index contributed by atoms with van der Waals surface area (Å²) in [7, 11) is 0. The van der Waals surface area contributed by atoms with Crippen LogP contribution in [0.1, 0.15) is 30.0 Å². The molecule has 0 atom stereocenters. The lowest BCUT2D eigenvalue weighted by atomic mass is 10.1. The maximum absolute atomic E-state index is 12.0. The van der Waals surface area contributed by atoms with Gasteiger partial charge in [0, 0.05) is 31.9 Å². The van der Waals surface area contributed by atoms with Crippen molar-refractivity contribution in [3.05, 3.63) is 59.2 Å². The fraction of sp³-hybridized carbons (Fsp3) is 0.333. The van der Waals surface area contributed by atoms with Crippen molar-refractivity contribution in [1.29, 1.82) is 5.26 Å². The number of nitrogens with one attached hydrogen (secondary N) is 2. The molecule has 0 saturated carbocycles. The molecular formula is C21H24N4O2. The van der Waals surface area contributed by atoms with E-state index >= 15 is 0 Å². The topological polar surface area (TPSA) is 77.4 Å². The van der Waals surface area contributed by atoms with Crippen LogP contribution >= 0.6 is 0 Å². The minimum Gasteiger partial charge on any atom is -0.492 e. The molecule has 0 spiro atoms. The van der Waals surface area contributed by atoms with Gasteiger partial charge < -0.3 is 15.4 Å². The van der Waals surface area contributed by atoms with E-state index in [1.54, 1.807) is 18.2 Å². The zero-order valence-corrected chi connectivity index (χ0v) is 15.5. The monoisotopic (exact) mass is 364 g/mol. The number of rotatable bonds is 7. The molecule has 2 aromatic carbocycles. The van der Waals surface area contributed by atoms with E-state index in [9.17, 15) is 10.1 Å². The molecule has 27 heavy (non-hydrogen) atoms.